The van der Waals surface area contributed by atoms with E-state index in [-0.39, 0.29) is 18.2 Å². The molecular weight excluding hydrogens is 349 g/mol. The highest BCUT2D eigenvalue weighted by Gasteiger charge is 2.55. The van der Waals surface area contributed by atoms with Crippen molar-refractivity contribution in [1.82, 2.24) is 20.2 Å². The van der Waals surface area contributed by atoms with Gasteiger partial charge >= 0.3 is 6.01 Å². The lowest BCUT2D eigenvalue weighted by atomic mass is 9.94. The van der Waals surface area contributed by atoms with Crippen LogP contribution in [-0.4, -0.2) is 32.9 Å². The normalized spacial score (nSPS) is 20.0. The van der Waals surface area contributed by atoms with E-state index in [1.165, 1.54) is 35.0 Å². The van der Waals surface area contributed by atoms with Gasteiger partial charge in [0.15, 0.2) is 5.60 Å². The summed E-state index contributed by atoms with van der Waals surface area (Å²) < 4.78 is 52.9. The topological polar surface area (TPSA) is 65.4 Å². The Morgan fingerprint density at radius 1 is 1.12 bits per heavy atom. The van der Waals surface area contributed by atoms with Crippen LogP contribution >= 0.6 is 0 Å². The minimum Gasteiger partial charge on any atom is -0.456 e. The Morgan fingerprint density at radius 2 is 1.81 bits per heavy atom. The number of tetrazole rings is 1. The second kappa shape index (κ2) is 6.10. The molecule has 3 aromatic rings. The third-order valence-electron chi connectivity index (χ3n) is 4.29. The lowest BCUT2D eigenvalue weighted by molar-refractivity contribution is 0.0952. The maximum absolute atomic E-state index is 14.2. The van der Waals surface area contributed by atoms with Gasteiger partial charge < -0.3 is 9.47 Å². The molecule has 4 rings (SSSR count). The zero-order valence-corrected chi connectivity index (χ0v) is 13.6. The van der Waals surface area contributed by atoms with E-state index >= 15 is 0 Å². The average molecular weight is 362 g/mol. The van der Waals surface area contributed by atoms with Crippen molar-refractivity contribution in [2.24, 2.45) is 0 Å². The minimum atomic E-state index is -1.04. The number of hydrogen-bond donors (Lipinski definition) is 0. The van der Waals surface area contributed by atoms with Gasteiger partial charge in [-0.2, -0.15) is 4.68 Å². The lowest BCUT2D eigenvalue weighted by Crippen LogP contribution is -2.32. The second-order valence-electron chi connectivity index (χ2n) is 5.91. The Balaban J connectivity index is 1.60. The number of nitrogens with zero attached hydrogens (tertiary/aromatic N) is 4. The number of ether oxygens (including phenoxy) is 2. The first-order chi connectivity index (χ1) is 12.5. The van der Waals surface area contributed by atoms with Crippen LogP contribution in [0.3, 0.4) is 0 Å². The summed E-state index contributed by atoms with van der Waals surface area (Å²) in [6, 6.07) is 8.86. The highest BCUT2D eigenvalue weighted by atomic mass is 19.1. The van der Waals surface area contributed by atoms with E-state index in [9.17, 15) is 13.2 Å². The summed E-state index contributed by atoms with van der Waals surface area (Å²) in [5, 5.41) is 11.2. The van der Waals surface area contributed by atoms with Gasteiger partial charge in [-0.3, -0.25) is 0 Å². The van der Waals surface area contributed by atoms with E-state index in [2.05, 4.69) is 15.5 Å². The molecule has 134 valence electrons. The van der Waals surface area contributed by atoms with E-state index in [1.54, 1.807) is 6.92 Å². The van der Waals surface area contributed by atoms with Crippen molar-refractivity contribution in [3.8, 4) is 11.7 Å². The van der Waals surface area contributed by atoms with Gasteiger partial charge in [-0.15, -0.1) is 0 Å². The smallest absolute Gasteiger partial charge is 0.340 e. The first-order valence-electron chi connectivity index (χ1n) is 7.80. The number of hydrogen-bond acceptors (Lipinski definition) is 5. The SMILES string of the molecule is C[C@@H](Oc1nnnn1-c1ccc(F)cc1)[C@@]1(c2ccc(F)cc2F)CO1. The van der Waals surface area contributed by atoms with Gasteiger partial charge in [0.05, 0.1) is 12.3 Å². The van der Waals surface area contributed by atoms with Crippen molar-refractivity contribution in [3.63, 3.8) is 0 Å². The molecule has 0 unspecified atom stereocenters. The van der Waals surface area contributed by atoms with E-state index in [4.69, 9.17) is 9.47 Å². The summed E-state index contributed by atoms with van der Waals surface area (Å²) >= 11 is 0. The molecule has 6 nitrogen and oxygen atoms in total. The molecule has 0 N–H and O–H groups in total. The molecule has 0 saturated carbocycles. The Hall–Kier alpha value is -2.94. The third-order valence-corrected chi connectivity index (χ3v) is 4.29. The maximum Gasteiger partial charge on any atom is 0.340 e. The largest absolute Gasteiger partial charge is 0.456 e. The maximum atomic E-state index is 14.2. The zero-order valence-electron chi connectivity index (χ0n) is 13.6. The molecule has 0 spiro atoms. The summed E-state index contributed by atoms with van der Waals surface area (Å²) in [5.41, 5.74) is -0.346. The van der Waals surface area contributed by atoms with E-state index in [0.29, 0.717) is 5.69 Å². The lowest BCUT2D eigenvalue weighted by Gasteiger charge is -2.21. The van der Waals surface area contributed by atoms with Crippen LogP contribution in [0.5, 0.6) is 6.01 Å². The van der Waals surface area contributed by atoms with Crippen LogP contribution in [0, 0.1) is 17.5 Å². The fourth-order valence-electron chi connectivity index (χ4n) is 2.77. The highest BCUT2D eigenvalue weighted by molar-refractivity contribution is 5.33. The first kappa shape index (κ1) is 16.5. The van der Waals surface area contributed by atoms with E-state index in [0.717, 1.165) is 12.1 Å². The van der Waals surface area contributed by atoms with Crippen molar-refractivity contribution in [2.75, 3.05) is 6.61 Å². The highest BCUT2D eigenvalue weighted by Crippen LogP contribution is 2.44. The molecule has 1 aliphatic heterocycles. The molecule has 9 heteroatoms. The molecule has 2 atom stereocenters. The van der Waals surface area contributed by atoms with E-state index < -0.39 is 29.2 Å². The predicted octanol–water partition coefficient (Wildman–Crippen LogP) is 2.77. The third kappa shape index (κ3) is 2.80. The molecule has 1 aliphatic rings. The summed E-state index contributed by atoms with van der Waals surface area (Å²) in [6.07, 6.45) is -0.660. The molecule has 0 bridgehead atoms. The van der Waals surface area contributed by atoms with Crippen LogP contribution in [0.15, 0.2) is 42.5 Å². The fourth-order valence-corrected chi connectivity index (χ4v) is 2.77. The summed E-state index contributed by atoms with van der Waals surface area (Å²) in [5.74, 6) is -1.78. The quantitative estimate of drug-likeness (QED) is 0.653. The molecule has 26 heavy (non-hydrogen) atoms. The van der Waals surface area contributed by atoms with Gasteiger partial charge in [-0.25, -0.2) is 13.2 Å². The molecule has 1 saturated heterocycles. The van der Waals surface area contributed by atoms with Crippen molar-refractivity contribution >= 4 is 0 Å². The van der Waals surface area contributed by atoms with Crippen LogP contribution in [0.1, 0.15) is 12.5 Å². The van der Waals surface area contributed by atoms with Gasteiger partial charge in [-0.05, 0) is 47.7 Å². The van der Waals surface area contributed by atoms with Crippen molar-refractivity contribution in [2.45, 2.75) is 18.6 Å². The molecule has 0 aliphatic carbocycles. The molecule has 0 radical (unpaired) electrons. The van der Waals surface area contributed by atoms with Gasteiger partial charge in [-0.1, -0.05) is 11.2 Å². The minimum absolute atomic E-state index is 0.0431. The average Bonchev–Trinajstić information content (AvgIpc) is 3.29. The van der Waals surface area contributed by atoms with Gasteiger partial charge in [0.2, 0.25) is 0 Å². The van der Waals surface area contributed by atoms with E-state index in [1.807, 2.05) is 0 Å². The van der Waals surface area contributed by atoms with Gasteiger partial charge in [0, 0.05) is 11.6 Å². The summed E-state index contributed by atoms with van der Waals surface area (Å²) in [6.45, 7) is 1.90. The predicted molar refractivity (Wildman–Crippen MR) is 83.2 cm³/mol. The molecule has 2 heterocycles. The van der Waals surface area contributed by atoms with Gasteiger partial charge in [0.25, 0.3) is 0 Å². The molecule has 1 aromatic heterocycles. The van der Waals surface area contributed by atoms with Crippen LogP contribution < -0.4 is 4.74 Å². The Bertz CT molecular complexity index is 941. The summed E-state index contributed by atoms with van der Waals surface area (Å²) in [7, 11) is 0. The Morgan fingerprint density at radius 3 is 2.46 bits per heavy atom. The van der Waals surface area contributed by atoms with Crippen LogP contribution in [0.25, 0.3) is 5.69 Å². The van der Waals surface area contributed by atoms with Gasteiger partial charge in [0.1, 0.15) is 23.6 Å². The second-order valence-corrected chi connectivity index (χ2v) is 5.91. The van der Waals surface area contributed by atoms with Crippen molar-refractivity contribution in [3.05, 3.63) is 65.5 Å². The molecular formula is C17H13F3N4O2. The summed E-state index contributed by atoms with van der Waals surface area (Å²) in [4.78, 5) is 0. The van der Waals surface area contributed by atoms with Crippen LogP contribution in [0.4, 0.5) is 13.2 Å². The number of epoxide rings is 1. The van der Waals surface area contributed by atoms with Crippen LogP contribution in [-0.2, 0) is 10.3 Å². The zero-order chi connectivity index (χ0) is 18.3. The molecule has 2 aromatic carbocycles. The van der Waals surface area contributed by atoms with Crippen LogP contribution in [0.2, 0.25) is 0 Å². The first-order valence-corrected chi connectivity index (χ1v) is 7.80. The molecule has 0 amide bonds. The molecule has 1 fully saturated rings. The number of benzene rings is 2. The van der Waals surface area contributed by atoms with Crippen molar-refractivity contribution < 1.29 is 22.6 Å². The monoisotopic (exact) mass is 362 g/mol. The van der Waals surface area contributed by atoms with Crippen molar-refractivity contribution in [1.29, 1.82) is 0 Å². The Labute approximate surface area is 146 Å². The Kier molecular flexibility index (Phi) is 3.87. The fraction of sp³-hybridized carbons (Fsp3) is 0.235. The standard InChI is InChI=1S/C17H13F3N4O2/c1-10(17(9-25-17)14-7-4-12(19)8-15(14)20)26-16-21-22-23-24(16)13-5-2-11(18)3-6-13/h2-8,10H,9H2,1H3/t10-,17-/m1/s1. The number of rotatable bonds is 5. The number of aromatic nitrogens is 4. The number of halogens is 3.